The zero-order chi connectivity index (χ0) is 21.3. The number of anilines is 1. The highest BCUT2D eigenvalue weighted by molar-refractivity contribution is 6.28. The first-order valence-electron chi connectivity index (χ1n) is 10.0. The molecule has 2 aromatic rings. The van der Waals surface area contributed by atoms with Crippen molar-refractivity contribution in [2.24, 2.45) is 0 Å². The lowest BCUT2D eigenvalue weighted by Crippen LogP contribution is -2.48. The Morgan fingerprint density at radius 3 is 2.03 bits per heavy atom. The first-order valence-corrected chi connectivity index (χ1v) is 10.0. The third kappa shape index (κ3) is 3.70. The maximum absolute atomic E-state index is 12.9. The summed E-state index contributed by atoms with van der Waals surface area (Å²) in [5.74, 6) is -1.49. The van der Waals surface area contributed by atoms with Crippen LogP contribution in [-0.2, 0) is 9.59 Å². The Labute approximate surface area is 173 Å². The van der Waals surface area contributed by atoms with Crippen LogP contribution in [0.2, 0.25) is 0 Å². The van der Waals surface area contributed by atoms with E-state index < -0.39 is 5.97 Å². The molecule has 0 bridgehead atoms. The van der Waals surface area contributed by atoms with Gasteiger partial charge in [-0.25, -0.2) is 0 Å². The Morgan fingerprint density at radius 2 is 1.40 bits per heavy atom. The number of nitrogens with zero attached hydrogens (tertiary/aromatic N) is 2. The van der Waals surface area contributed by atoms with Crippen LogP contribution in [0.25, 0.3) is 0 Å². The molecule has 1 aliphatic heterocycles. The van der Waals surface area contributed by atoms with Gasteiger partial charge >= 0.3 is 0 Å². The molecule has 1 heterocycles. The van der Waals surface area contributed by atoms with Gasteiger partial charge < -0.3 is 19.7 Å². The minimum absolute atomic E-state index is 0.0567. The molecule has 7 nitrogen and oxygen atoms in total. The standard InChI is InChI=1S/C23H22N2O5/c26-20(6-3-7-21(27)28)25-12-10-24(11-13-25)15-8-9-18-19(14-15)23(30)17-5-2-1-4-16(17)22(18)29/h1-2,4-5,8-9,14H,3,6-7,10-13H2,(H,27,28)/p-1. The van der Waals surface area contributed by atoms with Crippen LogP contribution in [0.15, 0.2) is 42.5 Å². The molecular weight excluding hydrogens is 384 g/mol. The van der Waals surface area contributed by atoms with Gasteiger partial charge in [0.1, 0.15) is 0 Å². The summed E-state index contributed by atoms with van der Waals surface area (Å²) in [6.07, 6.45) is 0.364. The van der Waals surface area contributed by atoms with Crippen LogP contribution in [0.5, 0.6) is 0 Å². The quantitative estimate of drug-likeness (QED) is 0.629. The summed E-state index contributed by atoms with van der Waals surface area (Å²) in [5.41, 5.74) is 2.55. The molecule has 0 spiro atoms. The fourth-order valence-corrected chi connectivity index (χ4v) is 4.04. The topological polar surface area (TPSA) is 97.8 Å². The molecule has 2 aliphatic rings. The summed E-state index contributed by atoms with van der Waals surface area (Å²) in [6, 6.07) is 12.2. The summed E-state index contributed by atoms with van der Waals surface area (Å²) in [6.45, 7) is 2.25. The van der Waals surface area contributed by atoms with E-state index in [1.54, 1.807) is 41.3 Å². The van der Waals surface area contributed by atoms with Gasteiger partial charge in [0, 0.05) is 66.5 Å². The van der Waals surface area contributed by atoms with Crippen molar-refractivity contribution < 1.29 is 24.3 Å². The molecule has 1 fully saturated rings. The lowest BCUT2D eigenvalue weighted by molar-refractivity contribution is -0.305. The summed E-state index contributed by atoms with van der Waals surface area (Å²) >= 11 is 0. The Morgan fingerprint density at radius 1 is 0.800 bits per heavy atom. The van der Waals surface area contributed by atoms with Crippen LogP contribution in [0, 0.1) is 0 Å². The fraction of sp³-hybridized carbons (Fsp3) is 0.304. The molecule has 0 unspecified atom stereocenters. The molecule has 0 radical (unpaired) electrons. The van der Waals surface area contributed by atoms with Gasteiger partial charge in [0.2, 0.25) is 5.91 Å². The van der Waals surface area contributed by atoms with E-state index in [1.165, 1.54) is 0 Å². The van der Waals surface area contributed by atoms with Crippen molar-refractivity contribution in [3.8, 4) is 0 Å². The Bertz CT molecular complexity index is 1040. The van der Waals surface area contributed by atoms with E-state index in [9.17, 15) is 24.3 Å². The minimum atomic E-state index is -1.14. The molecule has 0 N–H and O–H groups in total. The summed E-state index contributed by atoms with van der Waals surface area (Å²) in [4.78, 5) is 52.2. The van der Waals surface area contributed by atoms with E-state index in [1.807, 2.05) is 6.07 Å². The third-order valence-corrected chi connectivity index (χ3v) is 5.68. The monoisotopic (exact) mass is 405 g/mol. The first kappa shape index (κ1) is 19.8. The number of carbonyl (C=O) groups is 4. The SMILES string of the molecule is O=C([O-])CCCC(=O)N1CCN(c2ccc3c(c2)C(=O)c2ccccc2C3=O)CC1. The Kier molecular flexibility index (Phi) is 5.35. The lowest BCUT2D eigenvalue weighted by Gasteiger charge is -2.36. The number of aliphatic carboxylic acids is 1. The summed E-state index contributed by atoms with van der Waals surface area (Å²) in [7, 11) is 0. The molecule has 1 amide bonds. The second kappa shape index (κ2) is 8.10. The number of rotatable bonds is 5. The number of carboxylic acid groups (broad SMARTS) is 1. The van der Waals surface area contributed by atoms with Crippen molar-refractivity contribution in [2.75, 3.05) is 31.1 Å². The van der Waals surface area contributed by atoms with Gasteiger partial charge in [-0.2, -0.15) is 0 Å². The van der Waals surface area contributed by atoms with E-state index >= 15 is 0 Å². The van der Waals surface area contributed by atoms with Crippen LogP contribution in [0.3, 0.4) is 0 Å². The predicted octanol–water partition coefficient (Wildman–Crippen LogP) is 1.03. The maximum atomic E-state index is 12.9. The van der Waals surface area contributed by atoms with E-state index in [0.717, 1.165) is 5.69 Å². The predicted molar refractivity (Wildman–Crippen MR) is 107 cm³/mol. The van der Waals surface area contributed by atoms with Crippen molar-refractivity contribution in [3.05, 3.63) is 64.7 Å². The van der Waals surface area contributed by atoms with Crippen LogP contribution < -0.4 is 10.0 Å². The maximum Gasteiger partial charge on any atom is 0.222 e. The smallest absolute Gasteiger partial charge is 0.222 e. The zero-order valence-electron chi connectivity index (χ0n) is 16.4. The number of carbonyl (C=O) groups excluding carboxylic acids is 4. The van der Waals surface area contributed by atoms with E-state index in [-0.39, 0.29) is 36.7 Å². The van der Waals surface area contributed by atoms with Crippen LogP contribution in [0.4, 0.5) is 5.69 Å². The normalized spacial score (nSPS) is 15.6. The minimum Gasteiger partial charge on any atom is -0.550 e. The second-order valence-corrected chi connectivity index (χ2v) is 7.53. The molecule has 0 atom stereocenters. The molecule has 0 aromatic heterocycles. The van der Waals surface area contributed by atoms with E-state index in [4.69, 9.17) is 0 Å². The van der Waals surface area contributed by atoms with Gasteiger partial charge in [0.25, 0.3) is 0 Å². The largest absolute Gasteiger partial charge is 0.550 e. The number of hydrogen-bond donors (Lipinski definition) is 0. The molecule has 1 aliphatic carbocycles. The van der Waals surface area contributed by atoms with E-state index in [2.05, 4.69) is 4.90 Å². The van der Waals surface area contributed by atoms with Gasteiger partial charge in [-0.3, -0.25) is 14.4 Å². The van der Waals surface area contributed by atoms with Crippen LogP contribution >= 0.6 is 0 Å². The van der Waals surface area contributed by atoms with Crippen molar-refractivity contribution in [3.63, 3.8) is 0 Å². The van der Waals surface area contributed by atoms with Gasteiger partial charge in [0.05, 0.1) is 0 Å². The fourth-order valence-electron chi connectivity index (χ4n) is 4.04. The molecule has 4 rings (SSSR count). The first-order chi connectivity index (χ1) is 14.5. The van der Waals surface area contributed by atoms with Crippen molar-refractivity contribution in [2.45, 2.75) is 19.3 Å². The highest BCUT2D eigenvalue weighted by Gasteiger charge is 2.30. The van der Waals surface area contributed by atoms with Crippen molar-refractivity contribution in [1.82, 2.24) is 4.90 Å². The molecule has 7 heteroatoms. The molecule has 30 heavy (non-hydrogen) atoms. The highest BCUT2D eigenvalue weighted by Crippen LogP contribution is 2.30. The number of ketones is 2. The van der Waals surface area contributed by atoms with E-state index in [0.29, 0.717) is 48.4 Å². The second-order valence-electron chi connectivity index (χ2n) is 7.53. The summed E-state index contributed by atoms with van der Waals surface area (Å²) in [5, 5.41) is 10.5. The Balaban J connectivity index is 1.45. The highest BCUT2D eigenvalue weighted by atomic mass is 16.4. The van der Waals surface area contributed by atoms with Crippen LogP contribution in [-0.4, -0.2) is 54.5 Å². The number of carboxylic acids is 1. The summed E-state index contributed by atoms with van der Waals surface area (Å²) < 4.78 is 0. The zero-order valence-corrected chi connectivity index (χ0v) is 16.4. The number of benzene rings is 2. The molecular formula is C23H21N2O5-. The number of piperazine rings is 1. The van der Waals surface area contributed by atoms with Gasteiger partial charge in [-0.15, -0.1) is 0 Å². The van der Waals surface area contributed by atoms with Gasteiger partial charge in [-0.05, 0) is 31.0 Å². The number of hydrogen-bond acceptors (Lipinski definition) is 6. The molecule has 154 valence electrons. The number of amides is 1. The lowest BCUT2D eigenvalue weighted by atomic mass is 9.84. The van der Waals surface area contributed by atoms with Crippen LogP contribution in [0.1, 0.15) is 51.1 Å². The Hall–Kier alpha value is -3.48. The third-order valence-electron chi connectivity index (χ3n) is 5.68. The van der Waals surface area contributed by atoms with Crippen molar-refractivity contribution >= 4 is 29.1 Å². The molecule has 0 saturated carbocycles. The average Bonchev–Trinajstić information content (AvgIpc) is 2.77. The van der Waals surface area contributed by atoms with Gasteiger partial charge in [0.15, 0.2) is 11.6 Å². The van der Waals surface area contributed by atoms with Gasteiger partial charge in [-0.1, -0.05) is 24.3 Å². The molecule has 1 saturated heterocycles. The number of fused-ring (bicyclic) bond motifs is 2. The van der Waals surface area contributed by atoms with Crippen molar-refractivity contribution in [1.29, 1.82) is 0 Å². The average molecular weight is 405 g/mol. The molecule has 2 aromatic carbocycles.